The minimum Gasteiger partial charge on any atom is -0.271 e. The lowest BCUT2D eigenvalue weighted by Crippen LogP contribution is -2.40. The number of rotatable bonds is 6. The van der Waals surface area contributed by atoms with Crippen molar-refractivity contribution in [3.05, 3.63) is 58.4 Å². The quantitative estimate of drug-likeness (QED) is 0.322. The van der Waals surface area contributed by atoms with Crippen LogP contribution in [0.4, 0.5) is 17.6 Å². The predicted octanol–water partition coefficient (Wildman–Crippen LogP) is 3.70. The third-order valence-corrected chi connectivity index (χ3v) is 5.08. The average Bonchev–Trinajstić information content (AvgIpc) is 2.54. The van der Waals surface area contributed by atoms with Gasteiger partial charge in [-0.15, -0.1) is 0 Å². The highest BCUT2D eigenvalue weighted by Crippen LogP contribution is 2.39. The third-order valence-electron chi connectivity index (χ3n) is 3.29. The molecule has 0 saturated heterocycles. The molecule has 0 aromatic heterocycles. The largest absolute Gasteiger partial charge is 0.409 e. The molecule has 10 heteroatoms. The van der Waals surface area contributed by atoms with Gasteiger partial charge in [0.25, 0.3) is 0 Å². The van der Waals surface area contributed by atoms with Gasteiger partial charge in [-0.05, 0) is 37.4 Å². The highest BCUT2D eigenvalue weighted by Gasteiger charge is 2.47. The van der Waals surface area contributed by atoms with Crippen molar-refractivity contribution in [1.29, 1.82) is 5.26 Å². The molecule has 1 aromatic carbocycles. The van der Waals surface area contributed by atoms with Crippen LogP contribution in [0, 0.1) is 17.1 Å². The molecule has 1 rings (SSSR count). The Morgan fingerprint density at radius 3 is 2.31 bits per heavy atom. The van der Waals surface area contributed by atoms with Crippen molar-refractivity contribution in [3.63, 3.8) is 0 Å². The first-order chi connectivity index (χ1) is 11.9. The Bertz CT molecular complexity index is 866. The molecule has 0 aliphatic carbocycles. The minimum absolute atomic E-state index is 0.0535. The Morgan fingerprint density at radius 1 is 1.35 bits per heavy atom. The van der Waals surface area contributed by atoms with E-state index in [9.17, 15) is 26.0 Å². The molecule has 0 saturated carbocycles. The fraction of sp³-hybridized carbons (Fsp3) is 0.250. The van der Waals surface area contributed by atoms with Gasteiger partial charge in [-0.3, -0.25) is 4.99 Å². The fourth-order valence-electron chi connectivity index (χ4n) is 2.07. The van der Waals surface area contributed by atoms with Crippen LogP contribution in [0.15, 0.2) is 52.0 Å². The van der Waals surface area contributed by atoms with Crippen molar-refractivity contribution in [2.75, 3.05) is 7.05 Å². The molecule has 0 radical (unpaired) electrons. The topological polar surface area (TPSA) is 73.5 Å². The summed E-state index contributed by atoms with van der Waals surface area (Å²) >= 11 is 0. The normalized spacial score (nSPS) is 14.8. The van der Waals surface area contributed by atoms with Gasteiger partial charge in [0, 0.05) is 18.8 Å². The lowest BCUT2D eigenvalue weighted by Gasteiger charge is -2.29. The van der Waals surface area contributed by atoms with Gasteiger partial charge in [0.1, 0.15) is 16.8 Å². The molecule has 0 heterocycles. The van der Waals surface area contributed by atoms with Crippen LogP contribution in [0.1, 0.15) is 18.5 Å². The van der Waals surface area contributed by atoms with Crippen LogP contribution in [0.25, 0.3) is 0 Å². The summed E-state index contributed by atoms with van der Waals surface area (Å²) in [6.45, 7) is 4.37. The van der Waals surface area contributed by atoms with Gasteiger partial charge in [0.15, 0.2) is 0 Å². The zero-order valence-electron chi connectivity index (χ0n) is 13.8. The van der Waals surface area contributed by atoms with E-state index in [0.717, 1.165) is 43.6 Å². The van der Waals surface area contributed by atoms with E-state index >= 15 is 0 Å². The maximum absolute atomic E-state index is 13.5. The van der Waals surface area contributed by atoms with Gasteiger partial charge in [-0.2, -0.15) is 22.7 Å². The van der Waals surface area contributed by atoms with E-state index in [0.29, 0.717) is 0 Å². The molecule has 0 unspecified atom stereocenters. The summed E-state index contributed by atoms with van der Waals surface area (Å²) in [5.74, 6) is -0.760. The molecule has 0 aliphatic rings. The number of hydrogen-bond acceptors (Lipinski definition) is 4. The fourth-order valence-corrected chi connectivity index (χ4v) is 3.45. The van der Waals surface area contributed by atoms with Crippen molar-refractivity contribution in [2.24, 2.45) is 4.99 Å². The highest BCUT2D eigenvalue weighted by molar-refractivity contribution is 7.93. The maximum atomic E-state index is 13.5. The van der Waals surface area contributed by atoms with Crippen LogP contribution >= 0.6 is 0 Å². The number of allylic oxidation sites excluding steroid dienone is 2. The first-order valence-corrected chi connectivity index (χ1v) is 8.43. The average molecular weight is 389 g/mol. The lowest BCUT2D eigenvalue weighted by molar-refractivity contribution is -0.171. The maximum Gasteiger partial charge on any atom is 0.409 e. The minimum atomic E-state index is -4.97. The molecular weight excluding hydrogens is 374 g/mol. The van der Waals surface area contributed by atoms with Crippen molar-refractivity contribution in [3.8, 4) is 6.07 Å². The Labute approximate surface area is 148 Å². The zero-order chi connectivity index (χ0) is 20.1. The molecule has 0 N–H and O–H groups in total. The molecule has 5 nitrogen and oxygen atoms in total. The molecule has 26 heavy (non-hydrogen) atoms. The summed E-state index contributed by atoms with van der Waals surface area (Å²) < 4.78 is 79.0. The lowest BCUT2D eigenvalue weighted by atomic mass is 10.1. The summed E-state index contributed by atoms with van der Waals surface area (Å²) in [5, 5.41) is 8.78. The van der Waals surface area contributed by atoms with E-state index < -0.39 is 38.5 Å². The van der Waals surface area contributed by atoms with Crippen LogP contribution in [0.5, 0.6) is 0 Å². The number of nitriles is 1. The van der Waals surface area contributed by atoms with Gasteiger partial charge in [-0.1, -0.05) is 12.1 Å². The second-order valence-electron chi connectivity index (χ2n) is 5.17. The number of nitrogens with zero attached hydrogens (tertiary/aromatic N) is 3. The van der Waals surface area contributed by atoms with E-state index in [1.54, 1.807) is 6.07 Å². The van der Waals surface area contributed by atoms with Crippen LogP contribution < -0.4 is 0 Å². The Morgan fingerprint density at radius 2 is 1.88 bits per heavy atom. The van der Waals surface area contributed by atoms with Crippen LogP contribution in [-0.4, -0.2) is 32.7 Å². The smallest absolute Gasteiger partial charge is 0.271 e. The number of benzene rings is 1. The zero-order valence-corrected chi connectivity index (χ0v) is 14.6. The number of hydrogen-bond donors (Lipinski definition) is 0. The number of aliphatic imine (C=N–C) groups is 1. The summed E-state index contributed by atoms with van der Waals surface area (Å²) in [7, 11) is -3.95. The van der Waals surface area contributed by atoms with Crippen LogP contribution in [-0.2, 0) is 10.0 Å². The van der Waals surface area contributed by atoms with Crippen molar-refractivity contribution < 1.29 is 26.0 Å². The molecular formula is C16H15F4N3O2S. The molecule has 0 fully saturated rings. The van der Waals surface area contributed by atoms with Crippen LogP contribution in [0.3, 0.4) is 0 Å². The predicted molar refractivity (Wildman–Crippen MR) is 88.9 cm³/mol. The summed E-state index contributed by atoms with van der Waals surface area (Å²) in [6.07, 6.45) is -3.34. The molecule has 0 aliphatic heterocycles. The molecule has 0 amide bonds. The van der Waals surface area contributed by atoms with E-state index in [4.69, 9.17) is 5.26 Å². The van der Waals surface area contributed by atoms with Gasteiger partial charge in [0.05, 0.1) is 6.07 Å². The summed E-state index contributed by atoms with van der Waals surface area (Å²) in [4.78, 5) is 2.64. The highest BCUT2D eigenvalue weighted by atomic mass is 32.2. The molecule has 0 bridgehead atoms. The third kappa shape index (κ3) is 5.00. The van der Waals surface area contributed by atoms with E-state index in [2.05, 4.69) is 11.7 Å². The summed E-state index contributed by atoms with van der Waals surface area (Å²) in [6, 6.07) is 2.42. The van der Waals surface area contributed by atoms with Gasteiger partial charge in [-0.25, -0.2) is 12.8 Å². The van der Waals surface area contributed by atoms with Gasteiger partial charge < -0.3 is 0 Å². The monoisotopic (exact) mass is 389 g/mol. The summed E-state index contributed by atoms with van der Waals surface area (Å²) in [5.41, 5.74) is -0.515. The second-order valence-corrected chi connectivity index (χ2v) is 7.17. The number of halogens is 4. The first-order valence-electron chi connectivity index (χ1n) is 6.99. The number of sulfonamides is 1. The Balaban J connectivity index is 3.52. The number of alkyl halides is 3. The Hall–Kier alpha value is -2.51. The molecule has 140 valence electrons. The SMILES string of the molecule is C=N/C=C(\C=C(/C)C#N)S(=O)(=O)N(C)[C@@H](c1ccc(F)cc1)C(F)(F)F. The van der Waals surface area contributed by atoms with E-state index in [-0.39, 0.29) is 9.88 Å². The van der Waals surface area contributed by atoms with Crippen molar-refractivity contribution in [1.82, 2.24) is 4.31 Å². The second kappa shape index (κ2) is 8.25. The van der Waals surface area contributed by atoms with Crippen molar-refractivity contribution >= 4 is 16.7 Å². The van der Waals surface area contributed by atoms with Gasteiger partial charge in [0.2, 0.25) is 10.0 Å². The van der Waals surface area contributed by atoms with Gasteiger partial charge >= 0.3 is 6.18 Å². The van der Waals surface area contributed by atoms with E-state index in [1.165, 1.54) is 6.92 Å². The standard InChI is InChI=1S/C16H15F4N3O2S/c1-11(9-21)8-14(10-22-2)26(24,25)23(3)15(16(18,19)20)12-4-6-13(17)7-5-12/h4-8,10,15H,2H2,1,3H3/b11-8+,14-10+/t15-/m0/s1. The van der Waals surface area contributed by atoms with Crippen LogP contribution in [0.2, 0.25) is 0 Å². The first kappa shape index (κ1) is 21.5. The molecule has 0 spiro atoms. The van der Waals surface area contributed by atoms with E-state index in [1.807, 2.05) is 0 Å². The van der Waals surface area contributed by atoms with Crippen molar-refractivity contribution in [2.45, 2.75) is 19.1 Å². The Kier molecular flexibility index (Phi) is 6.83. The molecule has 1 aromatic rings. The molecule has 1 atom stereocenters.